The molecule has 10 atom stereocenters. The Labute approximate surface area is 235 Å². The van der Waals surface area contributed by atoms with E-state index in [-0.39, 0.29) is 37.9 Å². The van der Waals surface area contributed by atoms with Gasteiger partial charge in [-0.2, -0.15) is 0 Å². The van der Waals surface area contributed by atoms with Crippen LogP contribution < -0.4 is 0 Å². The van der Waals surface area contributed by atoms with E-state index in [9.17, 15) is 24.3 Å². The van der Waals surface area contributed by atoms with Gasteiger partial charge in [-0.1, -0.05) is 24.8 Å². The van der Waals surface area contributed by atoms with Crippen LogP contribution >= 0.6 is 11.8 Å². The molecule has 0 aromatic heterocycles. The molecule has 218 valence electrons. The van der Waals surface area contributed by atoms with E-state index < -0.39 is 80.4 Å². The summed E-state index contributed by atoms with van der Waals surface area (Å²) < 4.78 is 49.9. The number of esters is 2. The van der Waals surface area contributed by atoms with Crippen LogP contribution in [0.4, 0.5) is 8.78 Å². The van der Waals surface area contributed by atoms with Crippen LogP contribution in [0.25, 0.3) is 0 Å². The lowest BCUT2D eigenvalue weighted by Crippen LogP contribution is -2.70. The Kier molecular flexibility index (Phi) is 6.63. The SMILES string of the molecule is C[C@]12C=CC(=O)C=C1[C@@H](F)CC1C3CC[C@](OC(=O)[C@H]4CCCO4)(C(=O)S[C@H]4CCOC4=O)[C@@]3(C)C[C@H](O)[C@@]12F. The van der Waals surface area contributed by atoms with Crippen LogP contribution in [0.1, 0.15) is 58.8 Å². The van der Waals surface area contributed by atoms with Crippen molar-refractivity contribution in [1.82, 2.24) is 0 Å². The van der Waals surface area contributed by atoms with Gasteiger partial charge < -0.3 is 19.3 Å². The summed E-state index contributed by atoms with van der Waals surface area (Å²) in [5, 5.41) is 10.3. The third-order valence-electron chi connectivity index (χ3n) is 10.7. The first-order chi connectivity index (χ1) is 18.9. The van der Waals surface area contributed by atoms with E-state index in [1.807, 2.05) is 0 Å². The number of thioether (sulfide) groups is 1. The van der Waals surface area contributed by atoms with Gasteiger partial charge >= 0.3 is 11.9 Å². The van der Waals surface area contributed by atoms with Crippen LogP contribution in [0.5, 0.6) is 0 Å². The molecule has 0 aromatic rings. The molecule has 2 aliphatic heterocycles. The number of hydrogen-bond donors (Lipinski definition) is 1. The summed E-state index contributed by atoms with van der Waals surface area (Å²) >= 11 is 0.759. The van der Waals surface area contributed by atoms with Gasteiger partial charge in [0.15, 0.2) is 23.2 Å². The molecule has 0 bridgehead atoms. The molecule has 0 amide bonds. The van der Waals surface area contributed by atoms with Crippen molar-refractivity contribution >= 4 is 34.6 Å². The second kappa shape index (κ2) is 9.46. The first kappa shape index (κ1) is 28.0. The average molecular weight is 581 g/mol. The Morgan fingerprint density at radius 3 is 2.60 bits per heavy atom. The lowest BCUT2D eigenvalue weighted by Gasteiger charge is -2.63. The molecule has 6 rings (SSSR count). The molecule has 8 nitrogen and oxygen atoms in total. The molecular weight excluding hydrogens is 546 g/mol. The zero-order chi connectivity index (χ0) is 28.7. The molecule has 0 spiro atoms. The Morgan fingerprint density at radius 1 is 1.15 bits per heavy atom. The van der Waals surface area contributed by atoms with Gasteiger partial charge in [0.1, 0.15) is 11.4 Å². The van der Waals surface area contributed by atoms with Crippen LogP contribution in [-0.4, -0.2) is 76.1 Å². The number of carbonyl (C=O) groups is 4. The van der Waals surface area contributed by atoms with Gasteiger partial charge in [0, 0.05) is 29.8 Å². The maximum absolute atomic E-state index is 17.5. The van der Waals surface area contributed by atoms with E-state index in [1.54, 1.807) is 6.92 Å². The minimum absolute atomic E-state index is 0.0156. The maximum Gasteiger partial charge on any atom is 0.336 e. The number of halogens is 2. The molecule has 5 fully saturated rings. The second-order valence-electron chi connectivity index (χ2n) is 12.5. The first-order valence-corrected chi connectivity index (χ1v) is 14.9. The zero-order valence-electron chi connectivity index (χ0n) is 22.5. The fraction of sp³-hybridized carbons (Fsp3) is 0.724. The summed E-state index contributed by atoms with van der Waals surface area (Å²) in [6.07, 6.45) is 0.815. The van der Waals surface area contributed by atoms with E-state index in [1.165, 1.54) is 19.1 Å². The summed E-state index contributed by atoms with van der Waals surface area (Å²) in [6.45, 7) is 3.79. The Bertz CT molecular complexity index is 1210. The number of cyclic esters (lactones) is 1. The van der Waals surface area contributed by atoms with Crippen molar-refractivity contribution < 1.29 is 47.3 Å². The number of hydrogen-bond acceptors (Lipinski definition) is 9. The minimum Gasteiger partial charge on any atom is -0.465 e. The van der Waals surface area contributed by atoms with Gasteiger partial charge in [0.25, 0.3) is 0 Å². The minimum atomic E-state index is -2.32. The topological polar surface area (TPSA) is 116 Å². The van der Waals surface area contributed by atoms with E-state index in [4.69, 9.17) is 14.2 Å². The Morgan fingerprint density at radius 2 is 1.93 bits per heavy atom. The van der Waals surface area contributed by atoms with E-state index in [0.717, 1.165) is 17.8 Å². The van der Waals surface area contributed by atoms with Crippen molar-refractivity contribution in [3.63, 3.8) is 0 Å². The molecule has 1 N–H and O–H groups in total. The van der Waals surface area contributed by atoms with Crippen LogP contribution in [0.15, 0.2) is 23.8 Å². The Hall–Kier alpha value is -2.11. The van der Waals surface area contributed by atoms with Crippen molar-refractivity contribution in [3.8, 4) is 0 Å². The average Bonchev–Trinajstić information content (AvgIpc) is 3.64. The second-order valence-corrected chi connectivity index (χ2v) is 13.7. The van der Waals surface area contributed by atoms with Crippen molar-refractivity contribution in [3.05, 3.63) is 23.8 Å². The highest BCUT2D eigenvalue weighted by Gasteiger charge is 2.76. The monoisotopic (exact) mass is 580 g/mol. The van der Waals surface area contributed by atoms with Crippen molar-refractivity contribution in [2.75, 3.05) is 13.2 Å². The molecule has 2 heterocycles. The third kappa shape index (κ3) is 3.68. The van der Waals surface area contributed by atoms with E-state index in [0.29, 0.717) is 25.9 Å². The van der Waals surface area contributed by atoms with Gasteiger partial charge in [-0.25, -0.2) is 13.6 Å². The quantitative estimate of drug-likeness (QED) is 0.500. The predicted octanol–water partition coefficient (Wildman–Crippen LogP) is 3.34. The number of carbonyl (C=O) groups excluding carboxylic acids is 4. The summed E-state index contributed by atoms with van der Waals surface area (Å²) in [5.41, 5.74) is -6.89. The van der Waals surface area contributed by atoms with Gasteiger partial charge in [-0.05, 0) is 69.1 Å². The smallest absolute Gasteiger partial charge is 0.336 e. The molecule has 2 saturated heterocycles. The van der Waals surface area contributed by atoms with Crippen molar-refractivity contribution in [1.29, 1.82) is 0 Å². The van der Waals surface area contributed by atoms with Gasteiger partial charge in [0.2, 0.25) is 5.12 Å². The summed E-state index contributed by atoms with van der Waals surface area (Å²) in [7, 11) is 0. The molecule has 3 saturated carbocycles. The zero-order valence-corrected chi connectivity index (χ0v) is 23.3. The largest absolute Gasteiger partial charge is 0.465 e. The number of alkyl halides is 2. The number of rotatable bonds is 4. The predicted molar refractivity (Wildman–Crippen MR) is 138 cm³/mol. The number of aliphatic hydroxyl groups excluding tert-OH is 1. The van der Waals surface area contributed by atoms with Gasteiger partial charge in [0.05, 0.1) is 12.7 Å². The maximum atomic E-state index is 17.5. The summed E-state index contributed by atoms with van der Waals surface area (Å²) in [4.78, 5) is 51.8. The van der Waals surface area contributed by atoms with Crippen LogP contribution in [0.3, 0.4) is 0 Å². The number of ketones is 1. The number of allylic oxidation sites excluding steroid dienone is 4. The molecule has 4 aliphatic carbocycles. The Balaban J connectivity index is 1.41. The summed E-state index contributed by atoms with van der Waals surface area (Å²) in [6, 6.07) is 0. The molecule has 6 aliphatic rings. The number of aliphatic hydroxyl groups is 1. The van der Waals surface area contributed by atoms with E-state index in [2.05, 4.69) is 0 Å². The highest BCUT2D eigenvalue weighted by atomic mass is 32.2. The van der Waals surface area contributed by atoms with E-state index >= 15 is 8.78 Å². The molecule has 0 radical (unpaired) electrons. The first-order valence-electron chi connectivity index (χ1n) is 14.1. The van der Waals surface area contributed by atoms with Gasteiger partial charge in [-0.15, -0.1) is 0 Å². The fourth-order valence-electron chi connectivity index (χ4n) is 8.55. The number of ether oxygens (including phenoxy) is 3. The molecule has 11 heteroatoms. The molecule has 40 heavy (non-hydrogen) atoms. The normalized spacial score (nSPS) is 47.7. The lowest BCUT2D eigenvalue weighted by atomic mass is 9.44. The number of fused-ring (bicyclic) bond motifs is 5. The van der Waals surface area contributed by atoms with Crippen LogP contribution in [0.2, 0.25) is 0 Å². The molecule has 2 unspecified atom stereocenters. The van der Waals surface area contributed by atoms with Crippen LogP contribution in [-0.2, 0) is 33.4 Å². The highest BCUT2D eigenvalue weighted by molar-refractivity contribution is 8.14. The van der Waals surface area contributed by atoms with Gasteiger partial charge in [-0.3, -0.25) is 14.4 Å². The standard InChI is InChI=1S/C29H34F2O8S/c1-26-8-5-15(32)12-18(26)19(30)13-17-16-6-9-28(39-23(34)20-4-3-10-37-20,25(36)40-21-7-11-38-24(21)35)27(16,2)14-22(33)29(17,26)31/h5,8,12,16-17,19-22,33H,3-4,6-7,9-11,13-14H2,1-2H3/t16?,17?,19-,20+,21-,22-,26-,27-,28-,29-/m0/s1. The summed E-state index contributed by atoms with van der Waals surface area (Å²) in [5.74, 6) is -3.30. The lowest BCUT2D eigenvalue weighted by molar-refractivity contribution is -0.228. The molecule has 0 aromatic carbocycles. The molecular formula is C29H34F2O8S. The van der Waals surface area contributed by atoms with Crippen molar-refractivity contribution in [2.45, 2.75) is 93.7 Å². The highest BCUT2D eigenvalue weighted by Crippen LogP contribution is 2.71. The van der Waals surface area contributed by atoms with Crippen molar-refractivity contribution in [2.24, 2.45) is 22.7 Å². The fourth-order valence-corrected chi connectivity index (χ4v) is 9.75. The third-order valence-corrected chi connectivity index (χ3v) is 11.9. The van der Waals surface area contributed by atoms with Crippen LogP contribution in [0, 0.1) is 22.7 Å².